The monoisotopic (exact) mass is 331 g/mol. The van der Waals surface area contributed by atoms with E-state index >= 15 is 0 Å². The standard InChI is InChI=1S/C20H29NO3/c1-5-14(3)16-8-6-13(2)10-17(16)19(22)11-15-7-9-18(21-23)20(12-15)24-4/h7,9,12-14,16-17H,5-6,8,10-11H2,1-4H3. The van der Waals surface area contributed by atoms with E-state index in [4.69, 9.17) is 4.74 Å². The van der Waals surface area contributed by atoms with Crippen molar-refractivity contribution < 1.29 is 9.53 Å². The molecule has 1 fully saturated rings. The third kappa shape index (κ3) is 4.22. The quantitative estimate of drug-likeness (QED) is 0.637. The average Bonchev–Trinajstić information content (AvgIpc) is 2.60. The minimum Gasteiger partial charge on any atom is -0.494 e. The molecule has 1 aromatic rings. The number of ketones is 1. The highest BCUT2D eigenvalue weighted by atomic mass is 16.5. The number of methoxy groups -OCH3 is 1. The second kappa shape index (κ2) is 8.41. The van der Waals surface area contributed by atoms with E-state index in [1.165, 1.54) is 13.5 Å². The molecule has 0 amide bonds. The van der Waals surface area contributed by atoms with Crippen molar-refractivity contribution in [2.24, 2.45) is 28.8 Å². The molecule has 1 aromatic carbocycles. The fourth-order valence-corrected chi connectivity index (χ4v) is 4.00. The zero-order valence-electron chi connectivity index (χ0n) is 15.2. The predicted octanol–water partition coefficient (Wildman–Crippen LogP) is 5.30. The molecule has 0 aromatic heterocycles. The Morgan fingerprint density at radius 1 is 1.38 bits per heavy atom. The third-order valence-electron chi connectivity index (χ3n) is 5.68. The summed E-state index contributed by atoms with van der Waals surface area (Å²) in [6, 6.07) is 5.20. The Labute approximate surface area is 145 Å². The van der Waals surface area contributed by atoms with Crippen LogP contribution >= 0.6 is 0 Å². The van der Waals surface area contributed by atoms with E-state index in [9.17, 15) is 9.70 Å². The maximum atomic E-state index is 13.0. The van der Waals surface area contributed by atoms with Gasteiger partial charge in [-0.15, -0.1) is 4.91 Å². The van der Waals surface area contributed by atoms with Crippen LogP contribution in [0.1, 0.15) is 52.0 Å². The van der Waals surface area contributed by atoms with Crippen LogP contribution < -0.4 is 4.74 Å². The summed E-state index contributed by atoms with van der Waals surface area (Å²) in [6.07, 6.45) is 4.91. The number of Topliss-reactive ketones (excluding diaryl/α,β-unsaturated/α-hetero) is 1. The number of hydrogen-bond donors (Lipinski definition) is 0. The van der Waals surface area contributed by atoms with Gasteiger partial charge in [0.1, 0.15) is 17.2 Å². The summed E-state index contributed by atoms with van der Waals surface area (Å²) in [7, 11) is 1.51. The average molecular weight is 331 g/mol. The number of ether oxygens (including phenoxy) is 1. The van der Waals surface area contributed by atoms with E-state index < -0.39 is 0 Å². The van der Waals surface area contributed by atoms with Crippen LogP contribution in [0, 0.1) is 28.6 Å². The fourth-order valence-electron chi connectivity index (χ4n) is 4.00. The minimum absolute atomic E-state index is 0.151. The predicted molar refractivity (Wildman–Crippen MR) is 96.6 cm³/mol. The molecule has 132 valence electrons. The molecule has 0 spiro atoms. The van der Waals surface area contributed by atoms with Gasteiger partial charge in [0.05, 0.1) is 7.11 Å². The van der Waals surface area contributed by atoms with E-state index in [0.717, 1.165) is 24.8 Å². The summed E-state index contributed by atoms with van der Waals surface area (Å²) in [6.45, 7) is 6.73. The first-order valence-corrected chi connectivity index (χ1v) is 9.03. The molecular weight excluding hydrogens is 302 g/mol. The van der Waals surface area contributed by atoms with Crippen molar-refractivity contribution in [1.82, 2.24) is 0 Å². The SMILES string of the molecule is CCC(C)C1CCC(C)CC1C(=O)Cc1ccc(N=O)c(OC)c1. The van der Waals surface area contributed by atoms with Crippen molar-refractivity contribution in [3.63, 3.8) is 0 Å². The lowest BCUT2D eigenvalue weighted by molar-refractivity contribution is -0.126. The summed E-state index contributed by atoms with van der Waals surface area (Å²) in [5, 5.41) is 2.95. The molecule has 0 saturated heterocycles. The molecule has 1 aliphatic carbocycles. The van der Waals surface area contributed by atoms with Gasteiger partial charge in [0.2, 0.25) is 0 Å². The van der Waals surface area contributed by atoms with Gasteiger partial charge in [0, 0.05) is 12.3 Å². The largest absolute Gasteiger partial charge is 0.494 e. The van der Waals surface area contributed by atoms with Crippen molar-refractivity contribution in [3.05, 3.63) is 28.7 Å². The number of hydrogen-bond acceptors (Lipinski definition) is 4. The highest BCUT2D eigenvalue weighted by molar-refractivity contribution is 5.84. The molecule has 0 N–H and O–H groups in total. The van der Waals surface area contributed by atoms with E-state index in [-0.39, 0.29) is 11.6 Å². The van der Waals surface area contributed by atoms with Gasteiger partial charge in [0.15, 0.2) is 0 Å². The summed E-state index contributed by atoms with van der Waals surface area (Å²) in [4.78, 5) is 23.7. The Hall–Kier alpha value is -1.71. The van der Waals surface area contributed by atoms with Crippen LogP contribution in [0.2, 0.25) is 0 Å². The summed E-state index contributed by atoms with van der Waals surface area (Å²) in [5.74, 6) is 2.61. The van der Waals surface area contributed by atoms with E-state index in [0.29, 0.717) is 35.7 Å². The molecule has 0 bridgehead atoms. The van der Waals surface area contributed by atoms with Crippen LogP contribution in [0.3, 0.4) is 0 Å². The van der Waals surface area contributed by atoms with Gasteiger partial charge in [-0.2, -0.15) is 0 Å². The van der Waals surface area contributed by atoms with Crippen LogP contribution in [0.25, 0.3) is 0 Å². The lowest BCUT2D eigenvalue weighted by Crippen LogP contribution is -2.34. The van der Waals surface area contributed by atoms with Crippen molar-refractivity contribution in [2.75, 3.05) is 7.11 Å². The molecule has 0 heterocycles. The summed E-state index contributed by atoms with van der Waals surface area (Å²) >= 11 is 0. The first-order valence-electron chi connectivity index (χ1n) is 9.03. The van der Waals surface area contributed by atoms with Crippen LogP contribution in [-0.2, 0) is 11.2 Å². The van der Waals surface area contributed by atoms with Gasteiger partial charge in [-0.05, 0) is 53.5 Å². The number of rotatable bonds is 7. The number of carbonyl (C=O) groups excluding carboxylic acids is 1. The van der Waals surface area contributed by atoms with Gasteiger partial charge in [-0.3, -0.25) is 4.79 Å². The highest BCUT2D eigenvalue weighted by Gasteiger charge is 2.35. The fraction of sp³-hybridized carbons (Fsp3) is 0.650. The van der Waals surface area contributed by atoms with Crippen LogP contribution in [0.5, 0.6) is 5.75 Å². The summed E-state index contributed by atoms with van der Waals surface area (Å²) in [5.41, 5.74) is 1.17. The molecule has 4 heteroatoms. The maximum absolute atomic E-state index is 13.0. The molecule has 1 saturated carbocycles. The summed E-state index contributed by atoms with van der Waals surface area (Å²) < 4.78 is 5.19. The molecule has 0 aliphatic heterocycles. The lowest BCUT2D eigenvalue weighted by atomic mass is 9.67. The van der Waals surface area contributed by atoms with Crippen molar-refractivity contribution in [3.8, 4) is 5.75 Å². The van der Waals surface area contributed by atoms with E-state index in [1.54, 1.807) is 12.1 Å². The van der Waals surface area contributed by atoms with Gasteiger partial charge in [-0.1, -0.05) is 39.7 Å². The molecule has 4 nitrogen and oxygen atoms in total. The third-order valence-corrected chi connectivity index (χ3v) is 5.68. The second-order valence-electron chi connectivity index (χ2n) is 7.31. The zero-order chi connectivity index (χ0) is 17.7. The molecule has 0 radical (unpaired) electrons. The van der Waals surface area contributed by atoms with Crippen molar-refractivity contribution in [1.29, 1.82) is 0 Å². The van der Waals surface area contributed by atoms with E-state index in [2.05, 4.69) is 25.9 Å². The minimum atomic E-state index is 0.151. The van der Waals surface area contributed by atoms with Crippen LogP contribution in [-0.4, -0.2) is 12.9 Å². The van der Waals surface area contributed by atoms with Gasteiger partial charge in [-0.25, -0.2) is 0 Å². The zero-order valence-corrected chi connectivity index (χ0v) is 15.2. The van der Waals surface area contributed by atoms with Crippen molar-refractivity contribution >= 4 is 11.5 Å². The Kier molecular flexibility index (Phi) is 6.52. The number of nitrogens with zero attached hydrogens (tertiary/aromatic N) is 1. The molecule has 4 atom stereocenters. The Balaban J connectivity index is 2.15. The van der Waals surface area contributed by atoms with Gasteiger partial charge in [0.25, 0.3) is 0 Å². The van der Waals surface area contributed by atoms with Gasteiger partial charge >= 0.3 is 0 Å². The van der Waals surface area contributed by atoms with E-state index in [1.807, 2.05) is 6.07 Å². The Bertz CT molecular complexity index is 584. The van der Waals surface area contributed by atoms with Gasteiger partial charge < -0.3 is 4.74 Å². The van der Waals surface area contributed by atoms with Crippen molar-refractivity contribution in [2.45, 2.75) is 52.9 Å². The normalized spacial score (nSPS) is 25.1. The lowest BCUT2D eigenvalue weighted by Gasteiger charge is -2.37. The maximum Gasteiger partial charge on any atom is 0.149 e. The number of benzene rings is 1. The molecule has 4 unspecified atom stereocenters. The molecular formula is C20H29NO3. The number of carbonyl (C=O) groups is 1. The first-order chi connectivity index (χ1) is 11.5. The van der Waals surface area contributed by atoms with Crippen LogP contribution in [0.4, 0.5) is 5.69 Å². The topological polar surface area (TPSA) is 55.7 Å². The second-order valence-corrected chi connectivity index (χ2v) is 7.31. The first kappa shape index (κ1) is 18.6. The highest BCUT2D eigenvalue weighted by Crippen LogP contribution is 2.40. The molecule has 24 heavy (non-hydrogen) atoms. The Morgan fingerprint density at radius 3 is 2.75 bits per heavy atom. The molecule has 2 rings (SSSR count). The Morgan fingerprint density at radius 2 is 2.12 bits per heavy atom. The smallest absolute Gasteiger partial charge is 0.149 e. The number of nitroso groups, excluding NO2 is 1. The van der Waals surface area contributed by atoms with Crippen LogP contribution in [0.15, 0.2) is 23.4 Å². The molecule has 1 aliphatic rings.